The van der Waals surface area contributed by atoms with Crippen LogP contribution in [0.3, 0.4) is 0 Å². The molecule has 1 heterocycles. The quantitative estimate of drug-likeness (QED) is 0.873. The molecular weight excluding hydrogens is 286 g/mol. The van der Waals surface area contributed by atoms with Gasteiger partial charge in [-0.15, -0.1) is 0 Å². The zero-order chi connectivity index (χ0) is 14.1. The third-order valence-electron chi connectivity index (χ3n) is 3.96. The van der Waals surface area contributed by atoms with Crippen molar-refractivity contribution in [1.82, 2.24) is 9.71 Å². The minimum atomic E-state index is -3.57. The van der Waals surface area contributed by atoms with Gasteiger partial charge >= 0.3 is 0 Å². The van der Waals surface area contributed by atoms with Crippen molar-refractivity contribution in [3.05, 3.63) is 17.3 Å². The summed E-state index contributed by atoms with van der Waals surface area (Å²) in [5.74, 6) is 0.129. The average Bonchev–Trinajstić information content (AvgIpc) is 2.31. The van der Waals surface area contributed by atoms with Crippen molar-refractivity contribution < 1.29 is 8.42 Å². The van der Waals surface area contributed by atoms with Crippen LogP contribution in [0.2, 0.25) is 5.02 Å². The molecule has 5 nitrogen and oxygen atoms in total. The third-order valence-corrected chi connectivity index (χ3v) is 5.63. The van der Waals surface area contributed by atoms with Crippen LogP contribution in [-0.2, 0) is 10.0 Å². The maximum absolute atomic E-state index is 12.1. The van der Waals surface area contributed by atoms with E-state index in [0.717, 1.165) is 19.3 Å². The number of pyridine rings is 1. The molecule has 0 radical (unpaired) electrons. The maximum Gasteiger partial charge on any atom is 0.242 e. The molecule has 1 aromatic rings. The summed E-state index contributed by atoms with van der Waals surface area (Å²) in [6, 6.07) is 1.33. The van der Waals surface area contributed by atoms with E-state index in [1.54, 1.807) is 0 Å². The number of halogens is 1. The minimum absolute atomic E-state index is 0.0530. The number of nitrogens with one attached hydrogen (secondary N) is 1. The Morgan fingerprint density at radius 3 is 2.68 bits per heavy atom. The van der Waals surface area contributed by atoms with Gasteiger partial charge in [-0.2, -0.15) is 0 Å². The maximum atomic E-state index is 12.1. The van der Waals surface area contributed by atoms with Gasteiger partial charge in [0.25, 0.3) is 0 Å². The van der Waals surface area contributed by atoms with Gasteiger partial charge in [-0.1, -0.05) is 24.9 Å². The van der Waals surface area contributed by atoms with Crippen molar-refractivity contribution >= 4 is 27.4 Å². The van der Waals surface area contributed by atoms with E-state index in [1.165, 1.54) is 18.7 Å². The lowest BCUT2D eigenvalue weighted by atomic mass is 9.67. The van der Waals surface area contributed by atoms with Gasteiger partial charge < -0.3 is 5.73 Å². The number of nitrogen functional groups attached to an aromatic ring is 1. The van der Waals surface area contributed by atoms with Gasteiger partial charge in [0.15, 0.2) is 0 Å². The SMILES string of the molecule is CCC1(CNS(=O)(=O)c2cnc(N)c(Cl)c2)CCC1. The first-order valence-corrected chi connectivity index (χ1v) is 8.15. The minimum Gasteiger partial charge on any atom is -0.382 e. The smallest absolute Gasteiger partial charge is 0.242 e. The van der Waals surface area contributed by atoms with Crippen LogP contribution in [0.5, 0.6) is 0 Å². The first-order valence-electron chi connectivity index (χ1n) is 6.29. The summed E-state index contributed by atoms with van der Waals surface area (Å²) < 4.78 is 26.9. The van der Waals surface area contributed by atoms with E-state index in [2.05, 4.69) is 16.6 Å². The van der Waals surface area contributed by atoms with Gasteiger partial charge in [0.2, 0.25) is 10.0 Å². The van der Waals surface area contributed by atoms with Gasteiger partial charge in [0.05, 0.1) is 5.02 Å². The van der Waals surface area contributed by atoms with Crippen LogP contribution in [0.15, 0.2) is 17.2 Å². The molecule has 0 spiro atoms. The molecular formula is C12H18ClN3O2S. The monoisotopic (exact) mass is 303 g/mol. The summed E-state index contributed by atoms with van der Waals surface area (Å²) >= 11 is 5.80. The highest BCUT2D eigenvalue weighted by Gasteiger charge is 2.36. The van der Waals surface area contributed by atoms with Crippen molar-refractivity contribution in [2.45, 2.75) is 37.5 Å². The van der Waals surface area contributed by atoms with E-state index in [1.807, 2.05) is 0 Å². The Kier molecular flexibility index (Phi) is 4.03. The van der Waals surface area contributed by atoms with Crippen LogP contribution in [0.4, 0.5) is 5.82 Å². The molecule has 0 aliphatic heterocycles. The summed E-state index contributed by atoms with van der Waals surface area (Å²) in [4.78, 5) is 3.82. The number of rotatable bonds is 5. The van der Waals surface area contributed by atoms with E-state index in [4.69, 9.17) is 17.3 Å². The molecule has 106 valence electrons. The average molecular weight is 304 g/mol. The number of nitrogens with two attached hydrogens (primary N) is 1. The fourth-order valence-electron chi connectivity index (χ4n) is 2.24. The molecule has 0 aromatic carbocycles. The largest absolute Gasteiger partial charge is 0.382 e. The van der Waals surface area contributed by atoms with Crippen LogP contribution in [0.25, 0.3) is 0 Å². The molecule has 1 aliphatic carbocycles. The molecule has 1 saturated carbocycles. The topological polar surface area (TPSA) is 85.1 Å². The van der Waals surface area contributed by atoms with Gasteiger partial charge in [-0.05, 0) is 30.7 Å². The van der Waals surface area contributed by atoms with Crippen molar-refractivity contribution in [3.63, 3.8) is 0 Å². The number of hydrogen-bond acceptors (Lipinski definition) is 4. The molecule has 1 aliphatic rings. The molecule has 7 heteroatoms. The standard InChI is InChI=1S/C12H18ClN3O2S/c1-2-12(4-3-5-12)8-16-19(17,18)9-6-10(13)11(14)15-7-9/h6-7,16H,2-5,8H2,1H3,(H2,14,15). The number of sulfonamides is 1. The van der Waals surface area contributed by atoms with E-state index < -0.39 is 10.0 Å². The molecule has 0 saturated heterocycles. The Balaban J connectivity index is 2.11. The fourth-order valence-corrected chi connectivity index (χ4v) is 3.60. The molecule has 3 N–H and O–H groups in total. The van der Waals surface area contributed by atoms with Crippen LogP contribution < -0.4 is 10.5 Å². The van der Waals surface area contributed by atoms with Crippen LogP contribution >= 0.6 is 11.6 Å². The lowest BCUT2D eigenvalue weighted by molar-refractivity contribution is 0.133. The van der Waals surface area contributed by atoms with E-state index in [9.17, 15) is 8.42 Å². The van der Waals surface area contributed by atoms with Gasteiger partial charge in [-0.3, -0.25) is 0 Å². The summed E-state index contributed by atoms with van der Waals surface area (Å²) in [5, 5.41) is 0.150. The highest BCUT2D eigenvalue weighted by atomic mass is 35.5. The molecule has 19 heavy (non-hydrogen) atoms. The highest BCUT2D eigenvalue weighted by molar-refractivity contribution is 7.89. The van der Waals surface area contributed by atoms with Crippen molar-refractivity contribution in [3.8, 4) is 0 Å². The molecule has 0 bridgehead atoms. The first kappa shape index (κ1) is 14.6. The molecule has 1 aromatic heterocycles. The van der Waals surface area contributed by atoms with Gasteiger partial charge in [0, 0.05) is 12.7 Å². The van der Waals surface area contributed by atoms with Crippen LogP contribution in [0.1, 0.15) is 32.6 Å². The molecule has 0 unspecified atom stereocenters. The zero-order valence-corrected chi connectivity index (χ0v) is 12.4. The van der Waals surface area contributed by atoms with E-state index in [0.29, 0.717) is 6.54 Å². The zero-order valence-electron chi connectivity index (χ0n) is 10.8. The third kappa shape index (κ3) is 3.01. The van der Waals surface area contributed by atoms with Crippen molar-refractivity contribution in [2.75, 3.05) is 12.3 Å². The predicted molar refractivity (Wildman–Crippen MR) is 75.4 cm³/mol. The summed E-state index contributed by atoms with van der Waals surface area (Å²) in [6.07, 6.45) is 5.53. The second-order valence-electron chi connectivity index (χ2n) is 5.07. The van der Waals surface area contributed by atoms with Crippen molar-refractivity contribution in [2.24, 2.45) is 5.41 Å². The van der Waals surface area contributed by atoms with Gasteiger partial charge in [0.1, 0.15) is 10.7 Å². The van der Waals surface area contributed by atoms with Crippen LogP contribution in [0, 0.1) is 5.41 Å². The first-order chi connectivity index (χ1) is 8.88. The number of anilines is 1. The van der Waals surface area contributed by atoms with Crippen molar-refractivity contribution in [1.29, 1.82) is 0 Å². The Morgan fingerprint density at radius 1 is 1.53 bits per heavy atom. The lowest BCUT2D eigenvalue weighted by Gasteiger charge is -2.41. The Hall–Kier alpha value is -0.850. The Bertz CT molecular complexity index is 565. The second kappa shape index (κ2) is 5.26. The Morgan fingerprint density at radius 2 is 2.21 bits per heavy atom. The summed E-state index contributed by atoms with van der Waals surface area (Å²) in [5.41, 5.74) is 5.59. The number of hydrogen-bond donors (Lipinski definition) is 2. The molecule has 0 amide bonds. The number of nitrogens with zero attached hydrogens (tertiary/aromatic N) is 1. The molecule has 1 fully saturated rings. The van der Waals surface area contributed by atoms with E-state index in [-0.39, 0.29) is 21.2 Å². The fraction of sp³-hybridized carbons (Fsp3) is 0.583. The molecule has 0 atom stereocenters. The summed E-state index contributed by atoms with van der Waals surface area (Å²) in [7, 11) is -3.57. The molecule has 2 rings (SSSR count). The predicted octanol–water partition coefficient (Wildman–Crippen LogP) is 2.18. The highest BCUT2D eigenvalue weighted by Crippen LogP contribution is 2.43. The lowest BCUT2D eigenvalue weighted by Crippen LogP contribution is -2.41. The van der Waals surface area contributed by atoms with Gasteiger partial charge in [-0.25, -0.2) is 18.1 Å². The second-order valence-corrected chi connectivity index (χ2v) is 7.24. The normalized spacial score (nSPS) is 18.0. The van der Waals surface area contributed by atoms with E-state index >= 15 is 0 Å². The van der Waals surface area contributed by atoms with Crippen LogP contribution in [-0.4, -0.2) is 19.9 Å². The Labute approximate surface area is 118 Å². The number of aromatic nitrogens is 1. The summed E-state index contributed by atoms with van der Waals surface area (Å²) in [6.45, 7) is 2.56.